The maximum absolute atomic E-state index is 6.12. The van der Waals surface area contributed by atoms with Gasteiger partial charge in [-0.2, -0.15) is 0 Å². The van der Waals surface area contributed by atoms with Gasteiger partial charge >= 0.3 is 0 Å². The fraction of sp³-hybridized carbons (Fsp3) is 0.727. The number of hydrogen-bond acceptors (Lipinski definition) is 2. The van der Waals surface area contributed by atoms with Crippen LogP contribution in [0, 0.1) is 5.92 Å². The molecule has 3 heteroatoms. The fourth-order valence-corrected chi connectivity index (χ4v) is 1.45. The average Bonchev–Trinajstić information content (AvgIpc) is 2.48. The molecule has 1 unspecified atom stereocenters. The van der Waals surface area contributed by atoms with Crippen molar-refractivity contribution in [2.24, 2.45) is 11.7 Å². The molecule has 0 aliphatic heterocycles. The predicted octanol–water partition coefficient (Wildman–Crippen LogP) is 2.29. The van der Waals surface area contributed by atoms with E-state index >= 15 is 0 Å². The molecule has 1 rings (SSSR count). The van der Waals surface area contributed by atoms with Crippen molar-refractivity contribution in [3.05, 3.63) is 18.2 Å². The van der Waals surface area contributed by atoms with E-state index in [1.54, 1.807) is 0 Å². The fourth-order valence-electron chi connectivity index (χ4n) is 1.45. The van der Waals surface area contributed by atoms with Gasteiger partial charge in [-0.25, -0.2) is 4.98 Å². The molecule has 0 aromatic carbocycles. The molecule has 1 aromatic rings. The lowest BCUT2D eigenvalue weighted by Crippen LogP contribution is -2.28. The Kier molecular flexibility index (Phi) is 3.00. The molecule has 0 spiro atoms. The normalized spacial score (nSPS) is 14.8. The van der Waals surface area contributed by atoms with Gasteiger partial charge in [0.1, 0.15) is 0 Å². The van der Waals surface area contributed by atoms with Crippen molar-refractivity contribution in [1.29, 1.82) is 0 Å². The van der Waals surface area contributed by atoms with E-state index in [1.807, 2.05) is 12.5 Å². The standard InChI is InChI=1S/C11H21N3/c1-8(2)10(12)9-6-13-7-14(9)11(3,4)5/h6-8,10H,12H2,1-5H3. The molecule has 0 aliphatic carbocycles. The zero-order valence-corrected chi connectivity index (χ0v) is 9.78. The van der Waals surface area contributed by atoms with Crippen molar-refractivity contribution in [3.63, 3.8) is 0 Å². The van der Waals surface area contributed by atoms with Crippen LogP contribution < -0.4 is 5.73 Å². The molecule has 0 saturated carbocycles. The zero-order chi connectivity index (χ0) is 10.9. The largest absolute Gasteiger partial charge is 0.328 e. The molecule has 0 radical (unpaired) electrons. The van der Waals surface area contributed by atoms with Crippen molar-refractivity contribution < 1.29 is 0 Å². The van der Waals surface area contributed by atoms with Gasteiger partial charge in [0.05, 0.1) is 12.0 Å². The number of rotatable bonds is 2. The van der Waals surface area contributed by atoms with Gasteiger partial charge in [0.2, 0.25) is 0 Å². The first kappa shape index (κ1) is 11.2. The molecular formula is C11H21N3. The van der Waals surface area contributed by atoms with Gasteiger partial charge in [-0.3, -0.25) is 0 Å². The highest BCUT2D eigenvalue weighted by molar-refractivity contribution is 5.08. The van der Waals surface area contributed by atoms with Crippen LogP contribution in [-0.2, 0) is 5.54 Å². The summed E-state index contributed by atoms with van der Waals surface area (Å²) in [6.07, 6.45) is 3.73. The zero-order valence-electron chi connectivity index (χ0n) is 9.78. The Hall–Kier alpha value is -0.830. The maximum Gasteiger partial charge on any atom is 0.0953 e. The summed E-state index contributed by atoms with van der Waals surface area (Å²) in [7, 11) is 0. The summed E-state index contributed by atoms with van der Waals surface area (Å²) in [5.74, 6) is 0.438. The van der Waals surface area contributed by atoms with Crippen LogP contribution in [0.3, 0.4) is 0 Å². The third-order valence-corrected chi connectivity index (χ3v) is 2.45. The van der Waals surface area contributed by atoms with Crippen molar-refractivity contribution in [1.82, 2.24) is 9.55 Å². The summed E-state index contributed by atoms with van der Waals surface area (Å²) < 4.78 is 2.15. The van der Waals surface area contributed by atoms with Crippen LogP contribution in [-0.4, -0.2) is 9.55 Å². The molecule has 0 aliphatic rings. The van der Waals surface area contributed by atoms with E-state index in [0.717, 1.165) is 5.69 Å². The van der Waals surface area contributed by atoms with Crippen molar-refractivity contribution >= 4 is 0 Å². The highest BCUT2D eigenvalue weighted by atomic mass is 15.1. The van der Waals surface area contributed by atoms with E-state index in [0.29, 0.717) is 5.92 Å². The molecule has 80 valence electrons. The second-order valence-corrected chi connectivity index (χ2v) is 5.13. The van der Waals surface area contributed by atoms with Crippen LogP contribution in [0.25, 0.3) is 0 Å². The minimum absolute atomic E-state index is 0.0539. The van der Waals surface area contributed by atoms with Crippen molar-refractivity contribution in [2.45, 2.75) is 46.2 Å². The number of hydrogen-bond donors (Lipinski definition) is 1. The summed E-state index contributed by atoms with van der Waals surface area (Å²) in [5.41, 5.74) is 7.29. The Morgan fingerprint density at radius 2 is 1.93 bits per heavy atom. The topological polar surface area (TPSA) is 43.8 Å². The third kappa shape index (κ3) is 2.15. The van der Waals surface area contributed by atoms with Gasteiger partial charge in [0, 0.05) is 17.8 Å². The molecule has 0 bridgehead atoms. The first-order chi connectivity index (χ1) is 6.34. The van der Waals surface area contributed by atoms with E-state index in [1.165, 1.54) is 0 Å². The maximum atomic E-state index is 6.12. The minimum atomic E-state index is 0.0539. The molecule has 1 heterocycles. The molecule has 0 amide bonds. The highest BCUT2D eigenvalue weighted by Crippen LogP contribution is 2.24. The Morgan fingerprint density at radius 1 is 1.36 bits per heavy atom. The summed E-state index contributed by atoms with van der Waals surface area (Å²) in [5, 5.41) is 0. The lowest BCUT2D eigenvalue weighted by molar-refractivity contribution is 0.360. The van der Waals surface area contributed by atoms with Crippen LogP contribution >= 0.6 is 0 Å². The molecule has 0 saturated heterocycles. The van der Waals surface area contributed by atoms with Gasteiger partial charge < -0.3 is 10.3 Å². The summed E-state index contributed by atoms with van der Waals surface area (Å²) in [6, 6.07) is 0.0664. The molecular weight excluding hydrogens is 174 g/mol. The number of nitrogens with two attached hydrogens (primary N) is 1. The van der Waals surface area contributed by atoms with Gasteiger partial charge in [0.15, 0.2) is 0 Å². The second-order valence-electron chi connectivity index (χ2n) is 5.13. The molecule has 14 heavy (non-hydrogen) atoms. The molecule has 1 atom stereocenters. The van der Waals surface area contributed by atoms with Crippen LogP contribution in [0.1, 0.15) is 46.4 Å². The monoisotopic (exact) mass is 195 g/mol. The second kappa shape index (κ2) is 3.73. The van der Waals surface area contributed by atoms with Crippen LogP contribution in [0.15, 0.2) is 12.5 Å². The van der Waals surface area contributed by atoms with Crippen LogP contribution in [0.4, 0.5) is 0 Å². The summed E-state index contributed by atoms with van der Waals surface area (Å²) >= 11 is 0. The molecule has 0 fully saturated rings. The Labute approximate surface area is 86.3 Å². The first-order valence-corrected chi connectivity index (χ1v) is 5.12. The Morgan fingerprint density at radius 3 is 2.36 bits per heavy atom. The summed E-state index contributed by atoms with van der Waals surface area (Å²) in [6.45, 7) is 10.7. The lowest BCUT2D eigenvalue weighted by atomic mass is 10.0. The third-order valence-electron chi connectivity index (χ3n) is 2.45. The Bertz CT molecular complexity index is 294. The highest BCUT2D eigenvalue weighted by Gasteiger charge is 2.21. The Balaban J connectivity index is 3.05. The minimum Gasteiger partial charge on any atom is -0.328 e. The van der Waals surface area contributed by atoms with Crippen LogP contribution in [0.5, 0.6) is 0 Å². The van der Waals surface area contributed by atoms with E-state index in [-0.39, 0.29) is 11.6 Å². The molecule has 2 N–H and O–H groups in total. The van der Waals surface area contributed by atoms with Gasteiger partial charge in [-0.1, -0.05) is 13.8 Å². The van der Waals surface area contributed by atoms with Crippen molar-refractivity contribution in [2.75, 3.05) is 0 Å². The average molecular weight is 195 g/mol. The number of nitrogens with zero attached hydrogens (tertiary/aromatic N) is 2. The quantitative estimate of drug-likeness (QED) is 0.787. The van der Waals surface area contributed by atoms with Crippen LogP contribution in [0.2, 0.25) is 0 Å². The van der Waals surface area contributed by atoms with Gasteiger partial charge in [-0.15, -0.1) is 0 Å². The van der Waals surface area contributed by atoms with Crippen molar-refractivity contribution in [3.8, 4) is 0 Å². The summed E-state index contributed by atoms with van der Waals surface area (Å²) in [4.78, 5) is 4.18. The van der Waals surface area contributed by atoms with Gasteiger partial charge in [0.25, 0.3) is 0 Å². The number of imidazole rings is 1. The first-order valence-electron chi connectivity index (χ1n) is 5.12. The van der Waals surface area contributed by atoms with E-state index < -0.39 is 0 Å². The number of aromatic nitrogens is 2. The van der Waals surface area contributed by atoms with Gasteiger partial charge in [-0.05, 0) is 26.7 Å². The predicted molar refractivity (Wildman–Crippen MR) is 59.0 cm³/mol. The smallest absolute Gasteiger partial charge is 0.0953 e. The van der Waals surface area contributed by atoms with E-state index in [2.05, 4.69) is 44.2 Å². The molecule has 3 nitrogen and oxygen atoms in total. The van der Waals surface area contributed by atoms with E-state index in [4.69, 9.17) is 5.73 Å². The van der Waals surface area contributed by atoms with E-state index in [9.17, 15) is 0 Å². The SMILES string of the molecule is CC(C)C(N)c1cncn1C(C)(C)C. The molecule has 1 aromatic heterocycles. The lowest BCUT2D eigenvalue weighted by Gasteiger charge is -2.27.